The number of nitro benzene ring substituents is 1. The van der Waals surface area contributed by atoms with Gasteiger partial charge in [0.05, 0.1) is 10.5 Å². The molecule has 0 saturated heterocycles. The van der Waals surface area contributed by atoms with Gasteiger partial charge in [-0.05, 0) is 18.4 Å². The number of hydrogen-bond acceptors (Lipinski definition) is 4. The Balaban J connectivity index is 1.97. The standard InChI is InChI=1S/C13H16N2O4/c16-12-10(5-2-6-11(12)15(18)19)13(17)14-8-7-9-3-1-4-9/h2,5-6,9,16H,1,3-4,7-8H2,(H,14,17). The number of carbonyl (C=O) groups excluding carboxylic acids is 1. The number of phenolic OH excluding ortho intramolecular Hbond substituents is 1. The number of nitrogens with zero attached hydrogens (tertiary/aromatic N) is 1. The maximum absolute atomic E-state index is 11.8. The smallest absolute Gasteiger partial charge is 0.311 e. The lowest BCUT2D eigenvalue weighted by Gasteiger charge is -2.25. The summed E-state index contributed by atoms with van der Waals surface area (Å²) in [5.74, 6) is -0.367. The van der Waals surface area contributed by atoms with Crippen LogP contribution in [0, 0.1) is 16.0 Å². The van der Waals surface area contributed by atoms with Crippen molar-refractivity contribution in [3.63, 3.8) is 0 Å². The second kappa shape index (κ2) is 5.69. The van der Waals surface area contributed by atoms with E-state index in [1.807, 2.05) is 0 Å². The summed E-state index contributed by atoms with van der Waals surface area (Å²) in [6, 6.07) is 3.93. The van der Waals surface area contributed by atoms with Gasteiger partial charge in [-0.1, -0.05) is 25.3 Å². The lowest BCUT2D eigenvalue weighted by Crippen LogP contribution is -2.27. The van der Waals surface area contributed by atoms with Gasteiger partial charge in [-0.2, -0.15) is 0 Å². The Labute approximate surface area is 110 Å². The summed E-state index contributed by atoms with van der Waals surface area (Å²) < 4.78 is 0. The second-order valence-electron chi connectivity index (χ2n) is 4.77. The van der Waals surface area contributed by atoms with E-state index in [-0.39, 0.29) is 5.56 Å². The Morgan fingerprint density at radius 3 is 2.79 bits per heavy atom. The van der Waals surface area contributed by atoms with Crippen molar-refractivity contribution in [1.82, 2.24) is 5.32 Å². The van der Waals surface area contributed by atoms with Crippen molar-refractivity contribution in [2.75, 3.05) is 6.54 Å². The van der Waals surface area contributed by atoms with Crippen molar-refractivity contribution in [3.8, 4) is 5.75 Å². The minimum Gasteiger partial charge on any atom is -0.502 e. The van der Waals surface area contributed by atoms with Gasteiger partial charge in [-0.3, -0.25) is 14.9 Å². The zero-order valence-electron chi connectivity index (χ0n) is 10.5. The Morgan fingerprint density at radius 1 is 1.47 bits per heavy atom. The number of rotatable bonds is 5. The summed E-state index contributed by atoms with van der Waals surface area (Å²) in [7, 11) is 0. The van der Waals surface area contributed by atoms with Crippen LogP contribution in [0.5, 0.6) is 5.75 Å². The first-order valence-electron chi connectivity index (χ1n) is 6.34. The molecule has 1 saturated carbocycles. The van der Waals surface area contributed by atoms with Crippen LogP contribution in [0.3, 0.4) is 0 Å². The molecule has 19 heavy (non-hydrogen) atoms. The number of carbonyl (C=O) groups is 1. The average Bonchev–Trinajstić information content (AvgIpc) is 2.32. The number of aromatic hydroxyl groups is 1. The number of para-hydroxylation sites is 1. The van der Waals surface area contributed by atoms with Crippen LogP contribution in [0.15, 0.2) is 18.2 Å². The first-order valence-corrected chi connectivity index (χ1v) is 6.34. The molecule has 2 N–H and O–H groups in total. The highest BCUT2D eigenvalue weighted by Gasteiger charge is 2.21. The molecule has 1 aromatic rings. The van der Waals surface area contributed by atoms with Crippen molar-refractivity contribution >= 4 is 11.6 Å². The summed E-state index contributed by atoms with van der Waals surface area (Å²) in [4.78, 5) is 21.8. The third-order valence-electron chi connectivity index (χ3n) is 3.52. The fourth-order valence-corrected chi connectivity index (χ4v) is 2.13. The van der Waals surface area contributed by atoms with Gasteiger partial charge >= 0.3 is 5.69 Å². The van der Waals surface area contributed by atoms with Crippen LogP contribution >= 0.6 is 0 Å². The molecule has 0 unspecified atom stereocenters. The van der Waals surface area contributed by atoms with Crippen LogP contribution in [0.4, 0.5) is 5.69 Å². The summed E-state index contributed by atoms with van der Waals surface area (Å²) in [6.07, 6.45) is 4.58. The number of phenols is 1. The highest BCUT2D eigenvalue weighted by atomic mass is 16.6. The molecular weight excluding hydrogens is 248 g/mol. The number of nitrogens with one attached hydrogen (secondary N) is 1. The Kier molecular flexibility index (Phi) is 3.99. The Bertz CT molecular complexity index is 497. The summed E-state index contributed by atoms with van der Waals surface area (Å²) in [5, 5.41) is 23.0. The van der Waals surface area contributed by atoms with Crippen LogP contribution in [-0.4, -0.2) is 22.5 Å². The van der Waals surface area contributed by atoms with E-state index in [9.17, 15) is 20.0 Å². The van der Waals surface area contributed by atoms with E-state index in [1.54, 1.807) is 0 Å². The van der Waals surface area contributed by atoms with Gasteiger partial charge in [-0.25, -0.2) is 0 Å². The SMILES string of the molecule is O=C(NCCC1CCC1)c1cccc([N+](=O)[O-])c1O. The first-order chi connectivity index (χ1) is 9.09. The minimum absolute atomic E-state index is 0.0530. The normalized spacial score (nSPS) is 14.7. The summed E-state index contributed by atoms with van der Waals surface area (Å²) in [5.41, 5.74) is -0.505. The maximum Gasteiger partial charge on any atom is 0.311 e. The van der Waals surface area contributed by atoms with Gasteiger partial charge in [0, 0.05) is 12.6 Å². The molecule has 6 heteroatoms. The monoisotopic (exact) mass is 264 g/mol. The van der Waals surface area contributed by atoms with Crippen LogP contribution in [0.25, 0.3) is 0 Å². The predicted octanol–water partition coefficient (Wildman–Crippen LogP) is 2.22. The third kappa shape index (κ3) is 3.01. The molecule has 1 fully saturated rings. The highest BCUT2D eigenvalue weighted by molar-refractivity contribution is 5.98. The van der Waals surface area contributed by atoms with Gasteiger partial charge in [-0.15, -0.1) is 0 Å². The molecule has 0 bridgehead atoms. The zero-order valence-corrected chi connectivity index (χ0v) is 10.5. The van der Waals surface area contributed by atoms with Crippen molar-refractivity contribution in [1.29, 1.82) is 0 Å². The molecular formula is C13H16N2O4. The Hall–Kier alpha value is -2.11. The topological polar surface area (TPSA) is 92.5 Å². The van der Waals surface area contributed by atoms with Crippen LogP contribution in [0.2, 0.25) is 0 Å². The first kappa shape index (κ1) is 13.3. The van der Waals surface area contributed by atoms with Crippen LogP contribution in [0.1, 0.15) is 36.0 Å². The molecule has 0 radical (unpaired) electrons. The summed E-state index contributed by atoms with van der Waals surface area (Å²) >= 11 is 0. The molecule has 0 heterocycles. The van der Waals surface area contributed by atoms with Crippen molar-refractivity contribution in [2.45, 2.75) is 25.7 Å². The minimum atomic E-state index is -0.708. The van der Waals surface area contributed by atoms with E-state index in [4.69, 9.17) is 0 Å². The zero-order chi connectivity index (χ0) is 13.8. The lowest BCUT2D eigenvalue weighted by molar-refractivity contribution is -0.385. The largest absolute Gasteiger partial charge is 0.502 e. The van der Waals surface area contributed by atoms with Crippen molar-refractivity contribution in [3.05, 3.63) is 33.9 Å². The molecule has 102 valence electrons. The fourth-order valence-electron chi connectivity index (χ4n) is 2.13. The number of hydrogen-bond donors (Lipinski definition) is 2. The molecule has 0 aromatic heterocycles. The van der Waals surface area contributed by atoms with Crippen LogP contribution < -0.4 is 5.32 Å². The molecule has 6 nitrogen and oxygen atoms in total. The Morgan fingerprint density at radius 2 is 2.21 bits per heavy atom. The van der Waals surface area contributed by atoms with E-state index in [1.165, 1.54) is 37.5 Å². The third-order valence-corrected chi connectivity index (χ3v) is 3.52. The average molecular weight is 264 g/mol. The predicted molar refractivity (Wildman–Crippen MR) is 69.1 cm³/mol. The maximum atomic E-state index is 11.8. The van der Waals surface area contributed by atoms with Gasteiger partial charge in [0.1, 0.15) is 0 Å². The number of amides is 1. The van der Waals surface area contributed by atoms with E-state index >= 15 is 0 Å². The molecule has 1 aliphatic carbocycles. The van der Waals surface area contributed by atoms with Crippen LogP contribution in [-0.2, 0) is 0 Å². The molecule has 2 rings (SSSR count). The summed E-state index contributed by atoms with van der Waals surface area (Å²) in [6.45, 7) is 0.533. The molecule has 1 aromatic carbocycles. The molecule has 1 aliphatic rings. The van der Waals surface area contributed by atoms with E-state index in [0.717, 1.165) is 6.42 Å². The lowest BCUT2D eigenvalue weighted by atomic mass is 9.83. The van der Waals surface area contributed by atoms with E-state index in [0.29, 0.717) is 12.5 Å². The molecule has 0 aliphatic heterocycles. The van der Waals surface area contributed by atoms with Gasteiger partial charge in [0.15, 0.2) is 0 Å². The van der Waals surface area contributed by atoms with E-state index < -0.39 is 22.3 Å². The second-order valence-corrected chi connectivity index (χ2v) is 4.77. The quantitative estimate of drug-likeness (QED) is 0.630. The fraction of sp³-hybridized carbons (Fsp3) is 0.462. The van der Waals surface area contributed by atoms with Gasteiger partial charge in [0.25, 0.3) is 5.91 Å². The van der Waals surface area contributed by atoms with Crippen molar-refractivity contribution < 1.29 is 14.8 Å². The molecule has 1 amide bonds. The highest BCUT2D eigenvalue weighted by Crippen LogP contribution is 2.30. The number of benzene rings is 1. The van der Waals surface area contributed by atoms with Gasteiger partial charge in [0.2, 0.25) is 5.75 Å². The van der Waals surface area contributed by atoms with Crippen molar-refractivity contribution in [2.24, 2.45) is 5.92 Å². The van der Waals surface area contributed by atoms with Gasteiger partial charge < -0.3 is 10.4 Å². The number of nitro groups is 1. The molecule has 0 spiro atoms. The molecule has 0 atom stereocenters. The van der Waals surface area contributed by atoms with E-state index in [2.05, 4.69) is 5.32 Å².